The van der Waals surface area contributed by atoms with Crippen molar-refractivity contribution < 1.29 is 4.74 Å². The lowest BCUT2D eigenvalue weighted by molar-refractivity contribution is 0.252. The van der Waals surface area contributed by atoms with E-state index < -0.39 is 0 Å². The molecule has 1 aliphatic heterocycles. The van der Waals surface area contributed by atoms with Gasteiger partial charge in [-0.2, -0.15) is 0 Å². The van der Waals surface area contributed by atoms with Gasteiger partial charge in [-0.3, -0.25) is 0 Å². The predicted octanol–water partition coefficient (Wildman–Crippen LogP) is 4.16. The van der Waals surface area contributed by atoms with Crippen LogP contribution >= 0.6 is 15.9 Å². The van der Waals surface area contributed by atoms with E-state index in [0.29, 0.717) is 11.3 Å². The summed E-state index contributed by atoms with van der Waals surface area (Å²) in [5.74, 6) is 1.74. The van der Waals surface area contributed by atoms with E-state index in [9.17, 15) is 0 Å². The largest absolute Gasteiger partial charge is 0.493 e. The highest BCUT2D eigenvalue weighted by Crippen LogP contribution is 2.33. The Morgan fingerprint density at radius 2 is 2.11 bits per heavy atom. The maximum absolute atomic E-state index is 5.75. The van der Waals surface area contributed by atoms with E-state index in [1.807, 2.05) is 0 Å². The molecule has 1 N–H and O–H groups in total. The first kappa shape index (κ1) is 14.9. The lowest BCUT2D eigenvalue weighted by Gasteiger charge is -2.27. The molecule has 1 unspecified atom stereocenters. The summed E-state index contributed by atoms with van der Waals surface area (Å²) >= 11 is 3.59. The van der Waals surface area contributed by atoms with Crippen LogP contribution in [0.25, 0.3) is 0 Å². The Labute approximate surface area is 125 Å². The molecule has 1 aliphatic rings. The molecule has 0 fully saturated rings. The summed E-state index contributed by atoms with van der Waals surface area (Å²) in [5, 5.41) is 3.56. The molecule has 19 heavy (non-hydrogen) atoms. The van der Waals surface area contributed by atoms with Crippen LogP contribution < -0.4 is 10.1 Å². The summed E-state index contributed by atoms with van der Waals surface area (Å²) in [6.45, 7) is 11.9. The molecular weight excluding hydrogens is 302 g/mol. The minimum Gasteiger partial charge on any atom is -0.493 e. The molecule has 0 aromatic heterocycles. The van der Waals surface area contributed by atoms with E-state index in [2.05, 4.69) is 61.1 Å². The highest BCUT2D eigenvalue weighted by molar-refractivity contribution is 9.10. The first-order chi connectivity index (χ1) is 8.88. The van der Waals surface area contributed by atoms with Gasteiger partial charge < -0.3 is 10.1 Å². The zero-order chi connectivity index (χ0) is 14.0. The van der Waals surface area contributed by atoms with Gasteiger partial charge >= 0.3 is 0 Å². The predicted molar refractivity (Wildman–Crippen MR) is 83.7 cm³/mol. The fourth-order valence-corrected chi connectivity index (χ4v) is 2.76. The molecule has 3 heteroatoms. The number of hydrogen-bond acceptors (Lipinski definition) is 2. The quantitative estimate of drug-likeness (QED) is 0.897. The molecule has 2 nitrogen and oxygen atoms in total. The van der Waals surface area contributed by atoms with Gasteiger partial charge in [0.2, 0.25) is 0 Å². The van der Waals surface area contributed by atoms with Crippen molar-refractivity contribution >= 4 is 15.9 Å². The molecule has 0 radical (unpaired) electrons. The number of hydrogen-bond donors (Lipinski definition) is 1. The zero-order valence-electron chi connectivity index (χ0n) is 12.3. The smallest absolute Gasteiger partial charge is 0.127 e. The van der Waals surface area contributed by atoms with Crippen LogP contribution in [0, 0.1) is 11.3 Å². The summed E-state index contributed by atoms with van der Waals surface area (Å²) in [6, 6.07) is 4.34. The molecule has 1 aromatic rings. The summed E-state index contributed by atoms with van der Waals surface area (Å²) in [6.07, 6.45) is 1.03. The Hall–Kier alpha value is -0.540. The number of rotatable bonds is 4. The van der Waals surface area contributed by atoms with Crippen LogP contribution in [0.5, 0.6) is 5.75 Å². The maximum Gasteiger partial charge on any atom is 0.127 e. The number of halogens is 1. The van der Waals surface area contributed by atoms with Gasteiger partial charge in [0, 0.05) is 23.0 Å². The summed E-state index contributed by atoms with van der Waals surface area (Å²) in [7, 11) is 0. The maximum atomic E-state index is 5.75. The molecule has 0 bridgehead atoms. The van der Waals surface area contributed by atoms with Gasteiger partial charge in [-0.25, -0.2) is 0 Å². The van der Waals surface area contributed by atoms with Crippen molar-refractivity contribution in [1.29, 1.82) is 0 Å². The first-order valence-electron chi connectivity index (χ1n) is 7.02. The number of fused-ring (bicyclic) bond motifs is 1. The third kappa shape index (κ3) is 3.73. The van der Waals surface area contributed by atoms with Crippen molar-refractivity contribution in [2.75, 3.05) is 13.2 Å². The summed E-state index contributed by atoms with van der Waals surface area (Å²) in [4.78, 5) is 0. The average molecular weight is 326 g/mol. The Morgan fingerprint density at radius 3 is 2.79 bits per heavy atom. The van der Waals surface area contributed by atoms with Crippen molar-refractivity contribution in [3.8, 4) is 5.75 Å². The fraction of sp³-hybridized carbons (Fsp3) is 0.625. The Balaban J connectivity index is 1.97. The van der Waals surface area contributed by atoms with E-state index in [4.69, 9.17) is 4.74 Å². The van der Waals surface area contributed by atoms with Crippen molar-refractivity contribution in [1.82, 2.24) is 5.32 Å². The Morgan fingerprint density at radius 1 is 1.37 bits per heavy atom. The van der Waals surface area contributed by atoms with Gasteiger partial charge in [0.05, 0.1) is 6.61 Å². The van der Waals surface area contributed by atoms with E-state index >= 15 is 0 Å². The molecule has 0 saturated carbocycles. The van der Waals surface area contributed by atoms with Gasteiger partial charge in [0.1, 0.15) is 5.75 Å². The normalized spacial score (nSPS) is 16.1. The monoisotopic (exact) mass is 325 g/mol. The Kier molecular flexibility index (Phi) is 4.57. The first-order valence-corrected chi connectivity index (χ1v) is 7.82. The lowest BCUT2D eigenvalue weighted by atomic mass is 9.82. The molecule has 106 valence electrons. The van der Waals surface area contributed by atoms with Gasteiger partial charge in [-0.1, -0.05) is 43.6 Å². The van der Waals surface area contributed by atoms with Crippen molar-refractivity contribution in [2.45, 2.75) is 40.7 Å². The standard InChI is InChI=1S/C16H24BrNO/c1-11(16(2,3)4)9-18-10-13-8-14(17)7-12-5-6-19-15(12)13/h7-8,11,18H,5-6,9-10H2,1-4H3. The average Bonchev–Trinajstić information content (AvgIpc) is 2.75. The fourth-order valence-electron chi connectivity index (χ4n) is 2.21. The van der Waals surface area contributed by atoms with Crippen molar-refractivity contribution in [3.05, 3.63) is 27.7 Å². The van der Waals surface area contributed by atoms with Gasteiger partial charge in [0.15, 0.2) is 0 Å². The topological polar surface area (TPSA) is 21.3 Å². The lowest BCUT2D eigenvalue weighted by Crippen LogP contribution is -2.29. The summed E-state index contributed by atoms with van der Waals surface area (Å²) < 4.78 is 6.90. The van der Waals surface area contributed by atoms with Crippen LogP contribution in [0.2, 0.25) is 0 Å². The van der Waals surface area contributed by atoms with Gasteiger partial charge in [0.25, 0.3) is 0 Å². The van der Waals surface area contributed by atoms with Gasteiger partial charge in [-0.05, 0) is 35.6 Å². The molecule has 0 spiro atoms. The van der Waals surface area contributed by atoms with Crippen LogP contribution in [-0.2, 0) is 13.0 Å². The number of benzene rings is 1. The van der Waals surface area contributed by atoms with Crippen LogP contribution in [0.1, 0.15) is 38.8 Å². The molecule has 1 heterocycles. The third-order valence-electron chi connectivity index (χ3n) is 4.07. The zero-order valence-corrected chi connectivity index (χ0v) is 13.9. The summed E-state index contributed by atoms with van der Waals surface area (Å²) in [5.41, 5.74) is 2.95. The molecule has 0 amide bonds. The highest BCUT2D eigenvalue weighted by atomic mass is 79.9. The molecular formula is C16H24BrNO. The minimum atomic E-state index is 0.350. The van der Waals surface area contributed by atoms with Gasteiger partial charge in [-0.15, -0.1) is 0 Å². The molecule has 0 aliphatic carbocycles. The van der Waals surface area contributed by atoms with Crippen LogP contribution in [-0.4, -0.2) is 13.2 Å². The van der Waals surface area contributed by atoms with Crippen LogP contribution in [0.4, 0.5) is 0 Å². The molecule has 0 saturated heterocycles. The van der Waals surface area contributed by atoms with Crippen molar-refractivity contribution in [2.24, 2.45) is 11.3 Å². The highest BCUT2D eigenvalue weighted by Gasteiger charge is 2.20. The van der Waals surface area contributed by atoms with E-state index in [1.54, 1.807) is 0 Å². The molecule has 2 rings (SSSR count). The third-order valence-corrected chi connectivity index (χ3v) is 4.53. The Bertz CT molecular complexity index is 451. The second-order valence-electron chi connectivity index (χ2n) is 6.55. The minimum absolute atomic E-state index is 0.350. The van der Waals surface area contributed by atoms with E-state index in [1.165, 1.54) is 11.1 Å². The molecule has 1 aromatic carbocycles. The number of nitrogens with one attached hydrogen (secondary N) is 1. The van der Waals surface area contributed by atoms with Crippen molar-refractivity contribution in [3.63, 3.8) is 0 Å². The van der Waals surface area contributed by atoms with Crippen LogP contribution in [0.15, 0.2) is 16.6 Å². The SMILES string of the molecule is CC(CNCc1cc(Br)cc2c1OCC2)C(C)(C)C. The van der Waals surface area contributed by atoms with E-state index in [-0.39, 0.29) is 0 Å². The number of ether oxygens (including phenoxy) is 1. The second kappa shape index (κ2) is 5.84. The van der Waals surface area contributed by atoms with E-state index in [0.717, 1.165) is 36.3 Å². The second-order valence-corrected chi connectivity index (χ2v) is 7.47. The molecule has 1 atom stereocenters. The van der Waals surface area contributed by atoms with Crippen LogP contribution in [0.3, 0.4) is 0 Å².